The number of carbonyl (C=O) groups is 3. The lowest BCUT2D eigenvalue weighted by Crippen LogP contribution is -2.41. The summed E-state index contributed by atoms with van der Waals surface area (Å²) in [5.41, 5.74) is 2.62. The van der Waals surface area contributed by atoms with Crippen LogP contribution in [0.1, 0.15) is 45.3 Å². The van der Waals surface area contributed by atoms with Gasteiger partial charge in [-0.1, -0.05) is 55.1 Å². The van der Waals surface area contributed by atoms with Crippen molar-refractivity contribution in [3.8, 4) is 0 Å². The van der Waals surface area contributed by atoms with Crippen LogP contribution >= 0.6 is 11.8 Å². The van der Waals surface area contributed by atoms with Crippen LogP contribution in [0.25, 0.3) is 21.8 Å². The van der Waals surface area contributed by atoms with Gasteiger partial charge in [-0.05, 0) is 41.8 Å². The molecule has 0 spiro atoms. The number of para-hydroxylation sites is 2. The number of rotatable bonds is 6. The number of aromatic nitrogens is 2. The SMILES string of the molecule is CCSc1nc2ccccc2n1C(=O)CCCN1C(=O)c2cccc3cccc(c23)C1=O. The maximum atomic E-state index is 13.1. The smallest absolute Gasteiger partial charge is 0.261 e. The van der Waals surface area contributed by atoms with E-state index in [1.165, 1.54) is 16.7 Å². The Morgan fingerprint density at radius 2 is 1.62 bits per heavy atom. The molecular weight excluding hydrogens is 422 g/mol. The summed E-state index contributed by atoms with van der Waals surface area (Å²) in [5, 5.41) is 2.26. The lowest BCUT2D eigenvalue weighted by Gasteiger charge is -2.27. The van der Waals surface area contributed by atoms with Crippen molar-refractivity contribution in [1.82, 2.24) is 14.5 Å². The van der Waals surface area contributed by atoms with Gasteiger partial charge >= 0.3 is 0 Å². The Labute approximate surface area is 189 Å². The van der Waals surface area contributed by atoms with Gasteiger partial charge < -0.3 is 0 Å². The highest BCUT2D eigenvalue weighted by atomic mass is 32.2. The topological polar surface area (TPSA) is 72.3 Å². The third-order valence-corrected chi connectivity index (χ3v) is 6.50. The molecule has 0 aliphatic carbocycles. The van der Waals surface area contributed by atoms with Crippen molar-refractivity contribution in [2.24, 2.45) is 0 Å². The number of imide groups is 1. The Bertz CT molecular complexity index is 1340. The van der Waals surface area contributed by atoms with Crippen molar-refractivity contribution in [2.75, 3.05) is 12.3 Å². The molecule has 2 heterocycles. The van der Waals surface area contributed by atoms with E-state index in [1.54, 1.807) is 16.7 Å². The third-order valence-electron chi connectivity index (χ3n) is 5.68. The number of fused-ring (bicyclic) bond motifs is 1. The Morgan fingerprint density at radius 3 is 2.31 bits per heavy atom. The number of benzene rings is 3. The second kappa shape index (κ2) is 8.24. The number of imidazole rings is 1. The number of hydrogen-bond acceptors (Lipinski definition) is 5. The van der Waals surface area contributed by atoms with Crippen LogP contribution in [0.5, 0.6) is 0 Å². The van der Waals surface area contributed by atoms with Crippen LogP contribution in [-0.4, -0.2) is 44.5 Å². The van der Waals surface area contributed by atoms with Crippen molar-refractivity contribution in [1.29, 1.82) is 0 Å². The molecular formula is C25H21N3O3S. The summed E-state index contributed by atoms with van der Waals surface area (Å²) in [6, 6.07) is 18.5. The van der Waals surface area contributed by atoms with Crippen molar-refractivity contribution in [3.63, 3.8) is 0 Å². The molecule has 4 aromatic rings. The molecule has 7 heteroatoms. The van der Waals surface area contributed by atoms with E-state index in [0.717, 1.165) is 22.2 Å². The van der Waals surface area contributed by atoms with Gasteiger partial charge in [0.05, 0.1) is 11.0 Å². The average Bonchev–Trinajstić information content (AvgIpc) is 3.17. The predicted molar refractivity (Wildman–Crippen MR) is 125 cm³/mol. The molecule has 1 aromatic heterocycles. The minimum absolute atomic E-state index is 0.0888. The standard InChI is InChI=1S/C25H21N3O3S/c1-2-32-25-26-19-12-3-4-13-20(19)28(25)21(29)14-7-15-27-23(30)17-10-5-8-16-9-6-11-18(22(16)17)24(27)31/h3-6,8-13H,2,7,14-15H2,1H3. The Morgan fingerprint density at radius 1 is 0.938 bits per heavy atom. The lowest BCUT2D eigenvalue weighted by molar-refractivity contribution is 0.0601. The Kier molecular flexibility index (Phi) is 5.27. The predicted octanol–water partition coefficient (Wildman–Crippen LogP) is 5.02. The fourth-order valence-electron chi connectivity index (χ4n) is 4.25. The van der Waals surface area contributed by atoms with Gasteiger partial charge in [0, 0.05) is 29.5 Å². The first-order valence-electron chi connectivity index (χ1n) is 10.6. The Balaban J connectivity index is 1.36. The Hall–Kier alpha value is -3.45. The quantitative estimate of drug-likeness (QED) is 0.309. The zero-order valence-corrected chi connectivity index (χ0v) is 18.4. The summed E-state index contributed by atoms with van der Waals surface area (Å²) in [6.07, 6.45) is 0.595. The van der Waals surface area contributed by atoms with Gasteiger partial charge in [0.2, 0.25) is 5.91 Å². The van der Waals surface area contributed by atoms with Gasteiger partial charge in [0.15, 0.2) is 5.16 Å². The van der Waals surface area contributed by atoms with Crippen LogP contribution in [0.2, 0.25) is 0 Å². The number of hydrogen-bond donors (Lipinski definition) is 0. The van der Waals surface area contributed by atoms with Crippen molar-refractivity contribution >= 4 is 51.3 Å². The van der Waals surface area contributed by atoms with Crippen LogP contribution in [0.4, 0.5) is 0 Å². The largest absolute Gasteiger partial charge is 0.274 e. The van der Waals surface area contributed by atoms with E-state index in [2.05, 4.69) is 4.98 Å². The molecule has 32 heavy (non-hydrogen) atoms. The normalized spacial score (nSPS) is 13.3. The second-order valence-corrected chi connectivity index (χ2v) is 8.85. The molecule has 0 fully saturated rings. The van der Waals surface area contributed by atoms with Gasteiger partial charge in [0.25, 0.3) is 11.8 Å². The van der Waals surface area contributed by atoms with Crippen LogP contribution in [-0.2, 0) is 0 Å². The number of amides is 2. The van der Waals surface area contributed by atoms with Gasteiger partial charge in [0.1, 0.15) is 0 Å². The number of nitrogens with zero attached hydrogens (tertiary/aromatic N) is 3. The van der Waals surface area contributed by atoms with E-state index in [9.17, 15) is 14.4 Å². The van der Waals surface area contributed by atoms with Gasteiger partial charge in [-0.3, -0.25) is 23.9 Å². The van der Waals surface area contributed by atoms with Crippen LogP contribution in [0.15, 0.2) is 65.8 Å². The van der Waals surface area contributed by atoms with Crippen molar-refractivity contribution in [3.05, 3.63) is 71.8 Å². The lowest BCUT2D eigenvalue weighted by atomic mass is 9.94. The molecule has 160 valence electrons. The fraction of sp³-hybridized carbons (Fsp3) is 0.200. The van der Waals surface area contributed by atoms with E-state index in [0.29, 0.717) is 28.1 Å². The monoisotopic (exact) mass is 443 g/mol. The van der Waals surface area contributed by atoms with Crippen LogP contribution < -0.4 is 0 Å². The molecule has 1 aliphatic rings. The number of thioether (sulfide) groups is 1. The molecule has 0 radical (unpaired) electrons. The summed E-state index contributed by atoms with van der Waals surface area (Å²) < 4.78 is 1.65. The highest BCUT2D eigenvalue weighted by molar-refractivity contribution is 7.99. The molecule has 0 atom stereocenters. The molecule has 6 nitrogen and oxygen atoms in total. The highest BCUT2D eigenvalue weighted by Gasteiger charge is 2.32. The molecule has 3 aromatic carbocycles. The molecule has 1 aliphatic heterocycles. The van der Waals surface area contributed by atoms with E-state index in [4.69, 9.17) is 0 Å². The first-order valence-corrected chi connectivity index (χ1v) is 11.6. The first kappa shape index (κ1) is 20.5. The molecule has 0 bridgehead atoms. The molecule has 0 N–H and O–H groups in total. The molecule has 5 rings (SSSR count). The fourth-order valence-corrected chi connectivity index (χ4v) is 5.00. The molecule has 2 amide bonds. The first-order chi connectivity index (χ1) is 15.6. The maximum Gasteiger partial charge on any atom is 0.261 e. The van der Waals surface area contributed by atoms with Gasteiger partial charge in [-0.15, -0.1) is 0 Å². The third kappa shape index (κ3) is 3.29. The second-order valence-electron chi connectivity index (χ2n) is 7.62. The minimum Gasteiger partial charge on any atom is -0.274 e. The van der Waals surface area contributed by atoms with E-state index >= 15 is 0 Å². The number of carbonyl (C=O) groups excluding carboxylic acids is 3. The maximum absolute atomic E-state index is 13.1. The summed E-state index contributed by atoms with van der Waals surface area (Å²) in [7, 11) is 0. The van der Waals surface area contributed by atoms with Gasteiger partial charge in [-0.2, -0.15) is 0 Å². The highest BCUT2D eigenvalue weighted by Crippen LogP contribution is 2.30. The van der Waals surface area contributed by atoms with Crippen molar-refractivity contribution in [2.45, 2.75) is 24.9 Å². The average molecular weight is 444 g/mol. The van der Waals surface area contributed by atoms with E-state index < -0.39 is 0 Å². The minimum atomic E-state index is -0.304. The zero-order valence-electron chi connectivity index (χ0n) is 17.6. The summed E-state index contributed by atoms with van der Waals surface area (Å²) in [4.78, 5) is 45.0. The summed E-state index contributed by atoms with van der Waals surface area (Å²) >= 11 is 1.52. The zero-order chi connectivity index (χ0) is 22.2. The van der Waals surface area contributed by atoms with Crippen LogP contribution in [0.3, 0.4) is 0 Å². The molecule has 0 saturated carbocycles. The van der Waals surface area contributed by atoms with E-state index in [-0.39, 0.29) is 30.7 Å². The molecule has 0 unspecified atom stereocenters. The van der Waals surface area contributed by atoms with Crippen molar-refractivity contribution < 1.29 is 14.4 Å². The van der Waals surface area contributed by atoms with Crippen LogP contribution in [0, 0.1) is 0 Å². The molecule has 0 saturated heterocycles. The summed E-state index contributed by atoms with van der Waals surface area (Å²) in [5.74, 6) is 0.108. The van der Waals surface area contributed by atoms with Gasteiger partial charge in [-0.25, -0.2) is 4.98 Å². The summed E-state index contributed by atoms with van der Waals surface area (Å²) in [6.45, 7) is 2.21. The van der Waals surface area contributed by atoms with E-state index in [1.807, 2.05) is 55.5 Å².